The van der Waals surface area contributed by atoms with Crippen LogP contribution in [0.2, 0.25) is 0 Å². The predicted octanol–water partition coefficient (Wildman–Crippen LogP) is 8.61. The summed E-state index contributed by atoms with van der Waals surface area (Å²) in [5.41, 5.74) is 8.15. The van der Waals surface area contributed by atoms with E-state index in [9.17, 15) is 19.2 Å². The standard InChI is InChI=1S/C50H53N7O6/c1-30(2)43(54-48(60)62-3)46(58)57-29-50(20-21-50)26-42(57)39-25-38(27-51-39)32-14-12-31(13-15-32)34-16-17-36-24-37(19-18-35(36)23-34)40-28-52-45(53-40)41-11-8-22-56(41)47(59)44(55-49(61)63-4)33-9-6-5-7-10-33/h5-7,9-10,12-19,23-24,27-28,30,41-44H,8,11,20-22,25-26,29H2,1-4H3,(H,52,53)(H,54,60)(H,55,61)/t41-,42-,43-,44+/m0/s1. The average Bonchev–Trinajstić information content (AvgIpc) is 3.85. The lowest BCUT2D eigenvalue weighted by Gasteiger charge is -2.31. The number of methoxy groups -OCH3 is 2. The van der Waals surface area contributed by atoms with Crippen LogP contribution in [0.5, 0.6) is 0 Å². The number of H-pyrrole nitrogens is 1. The van der Waals surface area contributed by atoms with E-state index in [0.29, 0.717) is 30.9 Å². The Bertz CT molecular complexity index is 2610. The molecule has 5 aromatic rings. The molecule has 2 saturated heterocycles. The van der Waals surface area contributed by atoms with Gasteiger partial charge in [-0.2, -0.15) is 0 Å². The molecule has 1 aromatic heterocycles. The fourth-order valence-electron chi connectivity index (χ4n) is 9.54. The van der Waals surface area contributed by atoms with E-state index in [1.165, 1.54) is 14.2 Å². The Morgan fingerprint density at radius 2 is 1.44 bits per heavy atom. The Morgan fingerprint density at radius 3 is 2.14 bits per heavy atom. The summed E-state index contributed by atoms with van der Waals surface area (Å²) in [6.07, 6.45) is 7.89. The van der Waals surface area contributed by atoms with Crippen molar-refractivity contribution < 1.29 is 28.7 Å². The van der Waals surface area contributed by atoms with Crippen molar-refractivity contribution in [3.63, 3.8) is 0 Å². The summed E-state index contributed by atoms with van der Waals surface area (Å²) in [5, 5.41) is 7.70. The Hall–Kier alpha value is -6.76. The van der Waals surface area contributed by atoms with Gasteiger partial charge in [0.2, 0.25) is 5.91 Å². The fraction of sp³-hybridized carbons (Fsp3) is 0.360. The number of amides is 4. The number of fused-ring (bicyclic) bond motifs is 1. The van der Waals surface area contributed by atoms with Gasteiger partial charge in [-0.25, -0.2) is 14.6 Å². The van der Waals surface area contributed by atoms with E-state index in [0.717, 1.165) is 82.1 Å². The second kappa shape index (κ2) is 17.2. The van der Waals surface area contributed by atoms with E-state index in [1.54, 1.807) is 4.90 Å². The number of rotatable bonds is 11. The second-order valence-electron chi connectivity index (χ2n) is 17.7. The lowest BCUT2D eigenvalue weighted by atomic mass is 9.94. The maximum Gasteiger partial charge on any atom is 0.407 e. The Kier molecular flexibility index (Phi) is 11.3. The highest BCUT2D eigenvalue weighted by Gasteiger charge is 2.55. The van der Waals surface area contributed by atoms with Crippen molar-refractivity contribution in [2.24, 2.45) is 16.3 Å². The van der Waals surface area contributed by atoms with Crippen LogP contribution in [-0.2, 0) is 19.1 Å². The van der Waals surface area contributed by atoms with E-state index in [1.807, 2.05) is 61.5 Å². The van der Waals surface area contributed by atoms with Gasteiger partial charge in [0.1, 0.15) is 17.9 Å². The van der Waals surface area contributed by atoms with Crippen molar-refractivity contribution in [1.82, 2.24) is 30.4 Å². The zero-order valence-electron chi connectivity index (χ0n) is 36.1. The molecule has 0 radical (unpaired) electrons. The second-order valence-corrected chi connectivity index (χ2v) is 17.7. The van der Waals surface area contributed by atoms with Crippen LogP contribution in [0.25, 0.3) is 38.7 Å². The van der Waals surface area contributed by atoms with E-state index < -0.39 is 24.3 Å². The van der Waals surface area contributed by atoms with E-state index in [4.69, 9.17) is 19.5 Å². The monoisotopic (exact) mass is 847 g/mol. The average molecular weight is 848 g/mol. The van der Waals surface area contributed by atoms with Crippen molar-refractivity contribution >= 4 is 46.1 Å². The van der Waals surface area contributed by atoms with Gasteiger partial charge in [0.25, 0.3) is 5.91 Å². The third kappa shape index (κ3) is 8.44. The minimum atomic E-state index is -0.879. The zero-order valence-corrected chi connectivity index (χ0v) is 36.1. The molecule has 1 aliphatic carbocycles. The largest absolute Gasteiger partial charge is 0.453 e. The number of likely N-dealkylation sites (tertiary alicyclic amines) is 2. The summed E-state index contributed by atoms with van der Waals surface area (Å²) >= 11 is 0. The Morgan fingerprint density at radius 1 is 0.778 bits per heavy atom. The minimum absolute atomic E-state index is 0.0709. The number of aromatic amines is 1. The summed E-state index contributed by atoms with van der Waals surface area (Å²) < 4.78 is 9.68. The number of nitrogens with zero attached hydrogens (tertiary/aromatic N) is 4. The van der Waals surface area contributed by atoms with Gasteiger partial charge in [-0.05, 0) is 94.2 Å². The zero-order chi connectivity index (χ0) is 43.8. The molecule has 4 aromatic carbocycles. The third-order valence-corrected chi connectivity index (χ3v) is 13.3. The quantitative estimate of drug-likeness (QED) is 0.120. The fourth-order valence-corrected chi connectivity index (χ4v) is 9.54. The summed E-state index contributed by atoms with van der Waals surface area (Å²) in [5.74, 6) is 0.347. The number of nitrogens with one attached hydrogen (secondary N) is 3. The molecular formula is C50H53N7O6. The summed E-state index contributed by atoms with van der Waals surface area (Å²) in [7, 11) is 2.60. The van der Waals surface area contributed by atoms with E-state index in [-0.39, 0.29) is 35.2 Å². The molecule has 324 valence electrons. The third-order valence-electron chi connectivity index (χ3n) is 13.3. The van der Waals surface area contributed by atoms with Crippen LogP contribution in [0.15, 0.2) is 108 Å². The molecule has 4 heterocycles. The number of benzene rings is 4. The van der Waals surface area contributed by atoms with Crippen LogP contribution in [0.1, 0.15) is 81.4 Å². The smallest absolute Gasteiger partial charge is 0.407 e. The van der Waals surface area contributed by atoms with Gasteiger partial charge < -0.3 is 34.9 Å². The maximum atomic E-state index is 14.0. The number of hydrogen-bond acceptors (Lipinski definition) is 8. The number of aromatic nitrogens is 2. The van der Waals surface area contributed by atoms with Gasteiger partial charge >= 0.3 is 12.2 Å². The molecule has 1 spiro atoms. The molecule has 0 bridgehead atoms. The molecule has 4 atom stereocenters. The highest BCUT2D eigenvalue weighted by atomic mass is 16.5. The summed E-state index contributed by atoms with van der Waals surface area (Å²) in [4.78, 5) is 69.2. The van der Waals surface area contributed by atoms with Crippen molar-refractivity contribution in [1.29, 1.82) is 0 Å². The number of alkyl carbamates (subject to hydrolysis) is 2. The number of allylic oxidation sites excluding steroid dienone is 1. The molecular weight excluding hydrogens is 795 g/mol. The number of carbonyl (C=O) groups is 4. The Labute approximate surface area is 367 Å². The van der Waals surface area contributed by atoms with Crippen LogP contribution in [0, 0.1) is 11.3 Å². The normalized spacial score (nSPS) is 19.8. The predicted molar refractivity (Wildman–Crippen MR) is 241 cm³/mol. The summed E-state index contributed by atoms with van der Waals surface area (Å²) in [6, 6.07) is 28.8. The van der Waals surface area contributed by atoms with Gasteiger partial charge in [-0.15, -0.1) is 0 Å². The molecule has 3 aliphatic heterocycles. The minimum Gasteiger partial charge on any atom is -0.453 e. The van der Waals surface area contributed by atoms with Gasteiger partial charge in [0.05, 0.1) is 38.2 Å². The molecule has 9 rings (SSSR count). The van der Waals surface area contributed by atoms with Crippen molar-refractivity contribution in [3.05, 3.63) is 120 Å². The Balaban J connectivity index is 0.858. The number of carbonyl (C=O) groups excluding carboxylic acids is 4. The number of ether oxygens (including phenoxy) is 2. The SMILES string of the molecule is COC(=O)N[C@H](C(=O)N1CC2(CC2)C[C@H]1C1=NC=C(c2ccc(-c3ccc4cc(-c5cnc([C@@H]6CCCN6C(=O)[C@H](NC(=O)OC)c6ccccc6)[nH]5)ccc4c3)cc2)C1)C(C)C. The van der Waals surface area contributed by atoms with Crippen LogP contribution < -0.4 is 10.6 Å². The first-order valence-corrected chi connectivity index (χ1v) is 21.8. The first-order valence-electron chi connectivity index (χ1n) is 21.8. The van der Waals surface area contributed by atoms with Gasteiger partial charge in [0, 0.05) is 37.0 Å². The van der Waals surface area contributed by atoms with Crippen LogP contribution in [-0.4, -0.2) is 88.9 Å². The molecule has 3 N–H and O–H groups in total. The van der Waals surface area contributed by atoms with Gasteiger partial charge in [-0.1, -0.05) is 92.7 Å². The first kappa shape index (κ1) is 41.6. The van der Waals surface area contributed by atoms with Gasteiger partial charge in [-0.3, -0.25) is 14.6 Å². The summed E-state index contributed by atoms with van der Waals surface area (Å²) in [6.45, 7) is 5.13. The maximum absolute atomic E-state index is 14.0. The molecule has 4 amide bonds. The molecule has 63 heavy (non-hydrogen) atoms. The topological polar surface area (TPSA) is 158 Å². The highest BCUT2D eigenvalue weighted by Crippen LogP contribution is 2.55. The van der Waals surface area contributed by atoms with Crippen molar-refractivity contribution in [2.75, 3.05) is 27.3 Å². The molecule has 13 heteroatoms. The van der Waals surface area contributed by atoms with E-state index in [2.05, 4.69) is 76.3 Å². The molecule has 4 aliphatic rings. The first-order chi connectivity index (χ1) is 30.5. The lowest BCUT2D eigenvalue weighted by molar-refractivity contribution is -0.135. The van der Waals surface area contributed by atoms with Crippen LogP contribution >= 0.6 is 0 Å². The number of imidazole rings is 1. The van der Waals surface area contributed by atoms with Crippen molar-refractivity contribution in [3.8, 4) is 22.4 Å². The molecule has 3 fully saturated rings. The van der Waals surface area contributed by atoms with Crippen LogP contribution in [0.3, 0.4) is 0 Å². The molecule has 13 nitrogen and oxygen atoms in total. The highest BCUT2D eigenvalue weighted by molar-refractivity contribution is 6.04. The van der Waals surface area contributed by atoms with Crippen LogP contribution in [0.4, 0.5) is 9.59 Å². The lowest BCUT2D eigenvalue weighted by Crippen LogP contribution is -2.53. The van der Waals surface area contributed by atoms with Gasteiger partial charge in [0.15, 0.2) is 0 Å². The van der Waals surface area contributed by atoms with E-state index >= 15 is 0 Å². The van der Waals surface area contributed by atoms with Crippen molar-refractivity contribution in [2.45, 2.75) is 76.5 Å². The molecule has 0 unspecified atom stereocenters. The number of hydrogen-bond donors (Lipinski definition) is 3. The number of aliphatic imine (C=N–C) groups is 1. The molecule has 1 saturated carbocycles.